The van der Waals surface area contributed by atoms with Crippen LogP contribution in [0.1, 0.15) is 17.5 Å². The summed E-state index contributed by atoms with van der Waals surface area (Å²) in [7, 11) is 1.56. The minimum Gasteiger partial charge on any atom is -0.497 e. The van der Waals surface area contributed by atoms with Crippen LogP contribution in [-0.2, 0) is 19.8 Å². The van der Waals surface area contributed by atoms with Crippen molar-refractivity contribution in [2.24, 2.45) is 5.92 Å². The molecule has 0 N–H and O–H groups in total. The summed E-state index contributed by atoms with van der Waals surface area (Å²) in [5.74, 6) is -0.900. The smallest absolute Gasteiger partial charge is 0.266 e. The molecule has 0 radical (unpaired) electrons. The van der Waals surface area contributed by atoms with Gasteiger partial charge in [0, 0.05) is 0 Å². The molecule has 2 amide bonds. The van der Waals surface area contributed by atoms with Crippen molar-refractivity contribution in [1.82, 2.24) is 0 Å². The van der Waals surface area contributed by atoms with Gasteiger partial charge < -0.3 is 4.74 Å². The van der Waals surface area contributed by atoms with Gasteiger partial charge in [-0.3, -0.25) is 14.4 Å². The van der Waals surface area contributed by atoms with Crippen LogP contribution >= 0.6 is 23.2 Å². The SMILES string of the molecule is COc1ccc(N2C(=O)C3ON(c4ccc(C)cc4)C(C4(c5ccccc5)CC4(Cl)Cl)C3C2=O)cc1. The number of aryl methyl sites for hydroxylation is 1. The molecule has 2 heterocycles. The lowest BCUT2D eigenvalue weighted by Crippen LogP contribution is -2.49. The Labute approximate surface area is 219 Å². The van der Waals surface area contributed by atoms with Gasteiger partial charge in [0.15, 0.2) is 6.10 Å². The number of carbonyl (C=O) groups is 2. The number of hydrogen-bond acceptors (Lipinski definition) is 5. The zero-order valence-electron chi connectivity index (χ0n) is 19.7. The second-order valence-electron chi connectivity index (χ2n) is 9.59. The highest BCUT2D eigenvalue weighted by Crippen LogP contribution is 2.70. The van der Waals surface area contributed by atoms with Gasteiger partial charge in [-0.05, 0) is 55.3 Å². The number of anilines is 2. The molecule has 6 rings (SSSR count). The lowest BCUT2D eigenvalue weighted by atomic mass is 9.79. The summed E-state index contributed by atoms with van der Waals surface area (Å²) in [6, 6.07) is 23.7. The van der Waals surface area contributed by atoms with Crippen LogP contribution < -0.4 is 14.7 Å². The normalized spacial score (nSPS) is 28.4. The first kappa shape index (κ1) is 23.3. The third-order valence-corrected chi connectivity index (χ3v) is 8.50. The van der Waals surface area contributed by atoms with Crippen molar-refractivity contribution < 1.29 is 19.2 Å². The molecule has 0 bridgehead atoms. The number of halogens is 2. The van der Waals surface area contributed by atoms with E-state index in [2.05, 4.69) is 0 Å². The van der Waals surface area contributed by atoms with Crippen molar-refractivity contribution in [2.45, 2.75) is 35.2 Å². The van der Waals surface area contributed by atoms with Gasteiger partial charge in [0.25, 0.3) is 5.91 Å². The number of methoxy groups -OCH3 is 1. The zero-order valence-corrected chi connectivity index (χ0v) is 21.2. The summed E-state index contributed by atoms with van der Waals surface area (Å²) in [6.07, 6.45) is -0.562. The van der Waals surface area contributed by atoms with Crippen LogP contribution in [-0.4, -0.2) is 35.4 Å². The lowest BCUT2D eigenvalue weighted by Gasteiger charge is -2.35. The summed E-state index contributed by atoms with van der Waals surface area (Å²) in [5, 5.41) is 1.69. The van der Waals surface area contributed by atoms with Crippen LogP contribution in [0.3, 0.4) is 0 Å². The van der Waals surface area contributed by atoms with Gasteiger partial charge in [-0.25, -0.2) is 9.96 Å². The van der Waals surface area contributed by atoms with E-state index in [0.717, 1.165) is 16.8 Å². The van der Waals surface area contributed by atoms with Crippen LogP contribution in [0.25, 0.3) is 0 Å². The Hall–Kier alpha value is -3.06. The first-order chi connectivity index (χ1) is 17.3. The zero-order chi connectivity index (χ0) is 25.2. The largest absolute Gasteiger partial charge is 0.497 e. The van der Waals surface area contributed by atoms with E-state index >= 15 is 0 Å². The van der Waals surface area contributed by atoms with Crippen molar-refractivity contribution >= 4 is 46.4 Å². The van der Waals surface area contributed by atoms with Crippen molar-refractivity contribution in [2.75, 3.05) is 17.1 Å². The lowest BCUT2D eigenvalue weighted by molar-refractivity contribution is -0.126. The van der Waals surface area contributed by atoms with E-state index in [-0.39, 0.29) is 5.91 Å². The van der Waals surface area contributed by atoms with Crippen molar-refractivity contribution in [3.8, 4) is 5.75 Å². The summed E-state index contributed by atoms with van der Waals surface area (Å²) in [6.45, 7) is 2.00. The predicted octanol–water partition coefficient (Wildman–Crippen LogP) is 5.20. The molecule has 6 nitrogen and oxygen atoms in total. The number of fused-ring (bicyclic) bond motifs is 1. The molecule has 4 atom stereocenters. The number of amides is 2. The summed E-state index contributed by atoms with van der Waals surface area (Å²) in [4.78, 5) is 35.2. The van der Waals surface area contributed by atoms with Gasteiger partial charge in [0.1, 0.15) is 16.0 Å². The molecule has 1 saturated carbocycles. The molecular formula is C28H24Cl2N2O4. The monoisotopic (exact) mass is 522 g/mol. The number of alkyl halides is 2. The number of hydroxylamine groups is 1. The molecule has 2 aliphatic heterocycles. The highest BCUT2D eigenvalue weighted by Gasteiger charge is 2.78. The fourth-order valence-electron chi connectivity index (χ4n) is 5.67. The fraction of sp³-hybridized carbons (Fsp3) is 0.286. The molecule has 1 aliphatic carbocycles. The van der Waals surface area contributed by atoms with Gasteiger partial charge in [0.2, 0.25) is 5.91 Å². The first-order valence-electron chi connectivity index (χ1n) is 11.8. The Bertz CT molecular complexity index is 1330. The van der Waals surface area contributed by atoms with E-state index in [1.807, 2.05) is 61.5 Å². The standard InChI is InChI=1S/C28H24Cl2N2O4/c1-17-8-10-20(11-9-17)32-24(27(16-28(27,29)30)18-6-4-3-5-7-18)22-23(36-32)26(34)31(25(22)33)19-12-14-21(35-2)15-13-19/h3-15,22-24H,16H2,1-2H3. The Kier molecular flexibility index (Phi) is 5.34. The molecule has 3 fully saturated rings. The number of benzene rings is 3. The molecule has 2 saturated heterocycles. The maximum absolute atomic E-state index is 14.0. The van der Waals surface area contributed by atoms with E-state index in [1.54, 1.807) is 36.4 Å². The Balaban J connectivity index is 1.47. The Morgan fingerprint density at radius 3 is 2.08 bits per heavy atom. The van der Waals surface area contributed by atoms with E-state index in [9.17, 15) is 9.59 Å². The second-order valence-corrected chi connectivity index (χ2v) is 11.1. The van der Waals surface area contributed by atoms with Crippen molar-refractivity contribution in [3.05, 3.63) is 90.0 Å². The maximum atomic E-state index is 14.0. The molecule has 0 aromatic heterocycles. The first-order valence-corrected chi connectivity index (χ1v) is 12.5. The van der Waals surface area contributed by atoms with Gasteiger partial charge in [-0.15, -0.1) is 23.2 Å². The van der Waals surface area contributed by atoms with Crippen LogP contribution in [0.2, 0.25) is 0 Å². The fourth-order valence-corrected chi connectivity index (χ4v) is 6.53. The summed E-state index contributed by atoms with van der Waals surface area (Å²) >= 11 is 13.8. The third kappa shape index (κ3) is 3.28. The topological polar surface area (TPSA) is 59.1 Å². The summed E-state index contributed by atoms with van der Waals surface area (Å²) < 4.78 is 4.10. The van der Waals surface area contributed by atoms with E-state index in [4.69, 9.17) is 32.8 Å². The van der Waals surface area contributed by atoms with Gasteiger partial charge in [-0.2, -0.15) is 0 Å². The van der Waals surface area contributed by atoms with Gasteiger partial charge >= 0.3 is 0 Å². The van der Waals surface area contributed by atoms with Crippen LogP contribution in [0.5, 0.6) is 5.75 Å². The molecule has 8 heteroatoms. The van der Waals surface area contributed by atoms with Crippen molar-refractivity contribution in [1.29, 1.82) is 0 Å². The number of imide groups is 1. The minimum absolute atomic E-state index is 0.332. The Morgan fingerprint density at radius 2 is 1.50 bits per heavy atom. The molecule has 3 aromatic carbocycles. The highest BCUT2D eigenvalue weighted by atomic mass is 35.5. The average molecular weight is 523 g/mol. The molecule has 36 heavy (non-hydrogen) atoms. The molecule has 4 unspecified atom stereocenters. The Morgan fingerprint density at radius 1 is 0.889 bits per heavy atom. The average Bonchev–Trinajstić information content (AvgIpc) is 3.16. The molecule has 184 valence electrons. The van der Waals surface area contributed by atoms with Crippen LogP contribution in [0.4, 0.5) is 11.4 Å². The second kappa shape index (κ2) is 8.23. The number of hydrogen-bond donors (Lipinski definition) is 0. The highest BCUT2D eigenvalue weighted by molar-refractivity contribution is 6.52. The van der Waals surface area contributed by atoms with Crippen LogP contribution in [0.15, 0.2) is 78.9 Å². The molecular weight excluding hydrogens is 499 g/mol. The van der Waals surface area contributed by atoms with Gasteiger partial charge in [-0.1, -0.05) is 48.0 Å². The molecule has 3 aliphatic rings. The van der Waals surface area contributed by atoms with Crippen molar-refractivity contribution in [3.63, 3.8) is 0 Å². The predicted molar refractivity (Wildman–Crippen MR) is 138 cm³/mol. The number of nitrogens with zero attached hydrogens (tertiary/aromatic N) is 2. The quantitative estimate of drug-likeness (QED) is 0.340. The number of rotatable bonds is 5. The van der Waals surface area contributed by atoms with E-state index in [1.165, 1.54) is 4.90 Å². The number of carbonyl (C=O) groups excluding carboxylic acids is 2. The minimum atomic E-state index is -1.13. The van der Waals surface area contributed by atoms with Gasteiger partial charge in [0.05, 0.1) is 29.9 Å². The number of ether oxygens (including phenoxy) is 1. The van der Waals surface area contributed by atoms with E-state index in [0.29, 0.717) is 17.9 Å². The molecule has 0 spiro atoms. The van der Waals surface area contributed by atoms with E-state index < -0.39 is 33.7 Å². The third-order valence-electron chi connectivity index (χ3n) is 7.56. The van der Waals surface area contributed by atoms with Crippen LogP contribution in [0, 0.1) is 12.8 Å². The summed E-state index contributed by atoms with van der Waals surface area (Å²) in [5.41, 5.74) is 2.39. The molecule has 3 aromatic rings. The maximum Gasteiger partial charge on any atom is 0.266 e.